The molecule has 0 aliphatic heterocycles. The molecule has 0 radical (unpaired) electrons. The molecule has 6 nitrogen and oxygen atoms in total. The van der Waals surface area contributed by atoms with Gasteiger partial charge in [-0.1, -0.05) is 32.0 Å². The van der Waals surface area contributed by atoms with Crippen molar-refractivity contribution < 1.29 is 9.53 Å². The van der Waals surface area contributed by atoms with E-state index in [0.29, 0.717) is 28.6 Å². The third-order valence-electron chi connectivity index (χ3n) is 7.26. The lowest BCUT2D eigenvalue weighted by Gasteiger charge is -2.24. The third-order valence-corrected chi connectivity index (χ3v) is 8.41. The third kappa shape index (κ3) is 3.63. The number of rotatable bonds is 3. The number of nitrogens with one attached hydrogen (secondary N) is 1. The molecule has 7 heteroatoms. The fourth-order valence-corrected chi connectivity index (χ4v) is 6.87. The summed E-state index contributed by atoms with van der Waals surface area (Å²) >= 11 is 1.60. The summed E-state index contributed by atoms with van der Waals surface area (Å²) in [5.41, 5.74) is 4.43. The van der Waals surface area contributed by atoms with Crippen molar-refractivity contribution in [1.82, 2.24) is 15.0 Å². The van der Waals surface area contributed by atoms with Crippen molar-refractivity contribution in [3.63, 3.8) is 0 Å². The number of aromatic amines is 1. The highest BCUT2D eigenvalue weighted by Crippen LogP contribution is 2.36. The van der Waals surface area contributed by atoms with Crippen LogP contribution in [0.15, 0.2) is 29.1 Å². The van der Waals surface area contributed by atoms with Crippen LogP contribution in [0.1, 0.15) is 64.6 Å². The minimum Gasteiger partial charge on any atom is -0.454 e. The van der Waals surface area contributed by atoms with Gasteiger partial charge >= 0.3 is 5.97 Å². The maximum atomic E-state index is 13.4. The quantitative estimate of drug-likeness (QED) is 0.417. The fourth-order valence-electron chi connectivity index (χ4n) is 5.46. The molecule has 0 saturated heterocycles. The molecule has 174 valence electrons. The van der Waals surface area contributed by atoms with Crippen molar-refractivity contribution in [3.8, 4) is 0 Å². The predicted octanol–water partition coefficient (Wildman–Crippen LogP) is 5.14. The van der Waals surface area contributed by atoms with Crippen molar-refractivity contribution in [1.29, 1.82) is 0 Å². The predicted molar refractivity (Wildman–Crippen MR) is 133 cm³/mol. The molecule has 2 atom stereocenters. The molecule has 0 amide bonds. The second kappa shape index (κ2) is 8.31. The van der Waals surface area contributed by atoms with Crippen molar-refractivity contribution in [2.24, 2.45) is 11.8 Å². The number of aromatic nitrogens is 3. The molecule has 0 spiro atoms. The van der Waals surface area contributed by atoms with Crippen molar-refractivity contribution >= 4 is 38.4 Å². The summed E-state index contributed by atoms with van der Waals surface area (Å²) in [6, 6.07) is 7.73. The van der Waals surface area contributed by atoms with Crippen molar-refractivity contribution in [3.05, 3.63) is 67.7 Å². The molecule has 1 N–H and O–H groups in total. The van der Waals surface area contributed by atoms with Crippen LogP contribution in [-0.2, 0) is 37.0 Å². The zero-order valence-electron chi connectivity index (χ0n) is 19.4. The Kier molecular flexibility index (Phi) is 5.25. The maximum Gasteiger partial charge on any atom is 0.339 e. The number of H-pyrrole nitrogens is 1. The van der Waals surface area contributed by atoms with Crippen LogP contribution in [0.3, 0.4) is 0 Å². The Morgan fingerprint density at radius 3 is 2.76 bits per heavy atom. The van der Waals surface area contributed by atoms with Crippen LogP contribution in [0.4, 0.5) is 0 Å². The molecule has 0 bridgehead atoms. The van der Waals surface area contributed by atoms with E-state index in [2.05, 4.69) is 23.8 Å². The van der Waals surface area contributed by atoms with Gasteiger partial charge in [0.1, 0.15) is 17.3 Å². The number of hydrogen-bond donors (Lipinski definition) is 1. The van der Waals surface area contributed by atoms with Gasteiger partial charge in [0, 0.05) is 16.0 Å². The van der Waals surface area contributed by atoms with Gasteiger partial charge in [0.2, 0.25) is 0 Å². The van der Waals surface area contributed by atoms with E-state index in [1.54, 1.807) is 11.3 Å². The fraction of sp³-hybridized carbons (Fsp3) is 0.407. The highest BCUT2D eigenvalue weighted by molar-refractivity contribution is 7.18. The van der Waals surface area contributed by atoms with Gasteiger partial charge in [0.25, 0.3) is 5.56 Å². The van der Waals surface area contributed by atoms with Gasteiger partial charge in [-0.3, -0.25) is 9.78 Å². The normalized spacial score (nSPS) is 19.7. The first kappa shape index (κ1) is 21.5. The van der Waals surface area contributed by atoms with Crippen LogP contribution in [0.25, 0.3) is 21.1 Å². The van der Waals surface area contributed by atoms with E-state index in [1.807, 2.05) is 24.3 Å². The topological polar surface area (TPSA) is 84.9 Å². The number of pyridine rings is 1. The number of hydrogen-bond acceptors (Lipinski definition) is 6. The van der Waals surface area contributed by atoms with Gasteiger partial charge in [-0.05, 0) is 67.6 Å². The van der Waals surface area contributed by atoms with Gasteiger partial charge in [0.05, 0.1) is 16.5 Å². The summed E-state index contributed by atoms with van der Waals surface area (Å²) in [5, 5.41) is 1.53. The van der Waals surface area contributed by atoms with Gasteiger partial charge in [-0.15, -0.1) is 11.3 Å². The lowest BCUT2D eigenvalue weighted by Crippen LogP contribution is -2.20. The Morgan fingerprint density at radius 2 is 1.88 bits per heavy atom. The van der Waals surface area contributed by atoms with Gasteiger partial charge in [-0.2, -0.15) is 0 Å². The molecule has 1 aromatic carbocycles. The Labute approximate surface area is 201 Å². The van der Waals surface area contributed by atoms with E-state index in [4.69, 9.17) is 9.72 Å². The molecular weight excluding hydrogens is 446 g/mol. The molecule has 0 fully saturated rings. The standard InChI is InChI=1S/C27H27N3O3S/c1-14-8-10-20-18(11-14)23(16-5-3-4-6-19(16)28-20)27(32)33-13-22-29-25(31)24-17-9-7-15(2)12-21(17)34-26(24)30-22/h3-6,14-15H,7-13H2,1-2H3,(H,29,30,31). The number of nitrogens with zero attached hydrogens (tertiary/aromatic N) is 2. The molecule has 2 aliphatic rings. The first-order valence-electron chi connectivity index (χ1n) is 12.1. The lowest BCUT2D eigenvalue weighted by atomic mass is 9.84. The van der Waals surface area contributed by atoms with Crippen LogP contribution in [0.2, 0.25) is 0 Å². The van der Waals surface area contributed by atoms with E-state index in [1.165, 1.54) is 4.88 Å². The average molecular weight is 474 g/mol. The highest BCUT2D eigenvalue weighted by Gasteiger charge is 2.27. The molecule has 0 saturated carbocycles. The van der Waals surface area contributed by atoms with Crippen molar-refractivity contribution in [2.75, 3.05) is 0 Å². The Hall–Kier alpha value is -3.06. The summed E-state index contributed by atoms with van der Waals surface area (Å²) in [6.45, 7) is 4.39. The number of benzene rings is 1. The molecule has 2 aliphatic carbocycles. The molecule has 2 unspecified atom stereocenters. The molecule has 34 heavy (non-hydrogen) atoms. The van der Waals surface area contributed by atoms with Gasteiger partial charge in [0.15, 0.2) is 0 Å². The number of thiophene rings is 1. The molecule has 3 heterocycles. The van der Waals surface area contributed by atoms with E-state index >= 15 is 0 Å². The summed E-state index contributed by atoms with van der Waals surface area (Å²) < 4.78 is 5.75. The second-order valence-corrected chi connectivity index (χ2v) is 11.0. The molecule has 4 aromatic rings. The van der Waals surface area contributed by atoms with Crippen LogP contribution in [0.5, 0.6) is 0 Å². The highest BCUT2D eigenvalue weighted by atomic mass is 32.1. The average Bonchev–Trinajstić information content (AvgIpc) is 3.19. The van der Waals surface area contributed by atoms with Crippen LogP contribution < -0.4 is 5.56 Å². The number of esters is 1. The number of aryl methyl sites for hydroxylation is 2. The van der Waals surface area contributed by atoms with E-state index in [-0.39, 0.29) is 18.1 Å². The van der Waals surface area contributed by atoms with Gasteiger partial charge in [-0.25, -0.2) is 9.78 Å². The van der Waals surface area contributed by atoms with Crippen LogP contribution in [-0.4, -0.2) is 20.9 Å². The summed E-state index contributed by atoms with van der Waals surface area (Å²) in [4.78, 5) is 40.7. The lowest BCUT2D eigenvalue weighted by molar-refractivity contribution is 0.0462. The second-order valence-electron chi connectivity index (χ2n) is 9.90. The molecule has 6 rings (SSSR count). The van der Waals surface area contributed by atoms with Gasteiger partial charge < -0.3 is 9.72 Å². The Morgan fingerprint density at radius 1 is 1.09 bits per heavy atom. The number of fused-ring (bicyclic) bond motifs is 5. The zero-order valence-corrected chi connectivity index (χ0v) is 20.3. The van der Waals surface area contributed by atoms with E-state index < -0.39 is 0 Å². The SMILES string of the molecule is CC1CCc2c(sc3nc(COC(=O)c4c5c(nc6ccccc46)CCC(C)C5)[nH]c(=O)c23)C1. The summed E-state index contributed by atoms with van der Waals surface area (Å²) in [7, 11) is 0. The smallest absolute Gasteiger partial charge is 0.339 e. The monoisotopic (exact) mass is 473 g/mol. The minimum absolute atomic E-state index is 0.0655. The molecular formula is C27H27N3O3S. The largest absolute Gasteiger partial charge is 0.454 e. The molecule has 3 aromatic heterocycles. The first-order chi connectivity index (χ1) is 16.5. The number of ether oxygens (including phenoxy) is 1. The van der Waals surface area contributed by atoms with E-state index in [0.717, 1.165) is 71.1 Å². The minimum atomic E-state index is -0.383. The number of para-hydroxylation sites is 1. The number of carbonyl (C=O) groups excluding carboxylic acids is 1. The Balaban J connectivity index is 1.33. The maximum absolute atomic E-state index is 13.4. The number of carbonyl (C=O) groups is 1. The van der Waals surface area contributed by atoms with Crippen LogP contribution >= 0.6 is 11.3 Å². The van der Waals surface area contributed by atoms with Crippen LogP contribution in [0, 0.1) is 11.8 Å². The summed E-state index contributed by atoms with van der Waals surface area (Å²) in [6.07, 6.45) is 5.78. The Bertz CT molecular complexity index is 1500. The first-order valence-corrected chi connectivity index (χ1v) is 12.9. The van der Waals surface area contributed by atoms with Crippen molar-refractivity contribution in [2.45, 2.75) is 59.0 Å². The summed E-state index contributed by atoms with van der Waals surface area (Å²) in [5.74, 6) is 1.13. The zero-order chi connectivity index (χ0) is 23.4. The van der Waals surface area contributed by atoms with E-state index in [9.17, 15) is 9.59 Å².